The maximum atomic E-state index is 5.65. The first kappa shape index (κ1) is 17.1. The van der Waals surface area contributed by atoms with Crippen LogP contribution in [-0.4, -0.2) is 67.0 Å². The number of piperazine rings is 1. The fourth-order valence-electron chi connectivity index (χ4n) is 3.82. The summed E-state index contributed by atoms with van der Waals surface area (Å²) in [7, 11) is 0. The molecule has 1 atom stereocenters. The second-order valence-corrected chi connectivity index (χ2v) is 7.51. The van der Waals surface area contributed by atoms with E-state index in [1.807, 2.05) is 0 Å². The van der Waals surface area contributed by atoms with Gasteiger partial charge < -0.3 is 19.7 Å². The standard InChI is InChI=1S/C19H27N3O2S/c25-19(20-13-17-2-1-10-23-17)22-8-6-21(7-9-22)14-15-3-4-18-16(12-15)5-11-24-18/h3-4,12,17H,1-2,5-11,13-14H2,(H,20,25)/t17-/m0/s1. The van der Waals surface area contributed by atoms with Crippen LogP contribution in [0.3, 0.4) is 0 Å². The van der Waals surface area contributed by atoms with Gasteiger partial charge in [0.15, 0.2) is 5.11 Å². The first-order chi connectivity index (χ1) is 12.3. The number of hydrogen-bond acceptors (Lipinski definition) is 4. The lowest BCUT2D eigenvalue weighted by Crippen LogP contribution is -2.52. The van der Waals surface area contributed by atoms with Crippen LogP contribution in [0.25, 0.3) is 0 Å². The summed E-state index contributed by atoms with van der Waals surface area (Å²) in [5.74, 6) is 1.07. The smallest absolute Gasteiger partial charge is 0.169 e. The van der Waals surface area contributed by atoms with Gasteiger partial charge in [0.05, 0.1) is 12.7 Å². The minimum Gasteiger partial charge on any atom is -0.493 e. The highest BCUT2D eigenvalue weighted by atomic mass is 32.1. The predicted octanol–water partition coefficient (Wildman–Crippen LogP) is 1.79. The van der Waals surface area contributed by atoms with Crippen molar-refractivity contribution in [2.75, 3.05) is 45.9 Å². The van der Waals surface area contributed by atoms with Crippen molar-refractivity contribution in [3.63, 3.8) is 0 Å². The normalized spacial score (nSPS) is 23.4. The van der Waals surface area contributed by atoms with Gasteiger partial charge in [-0.15, -0.1) is 0 Å². The molecular weight excluding hydrogens is 334 g/mol. The van der Waals surface area contributed by atoms with E-state index < -0.39 is 0 Å². The summed E-state index contributed by atoms with van der Waals surface area (Å²) in [5.41, 5.74) is 2.74. The summed E-state index contributed by atoms with van der Waals surface area (Å²) < 4.78 is 11.2. The number of benzene rings is 1. The molecule has 0 radical (unpaired) electrons. The monoisotopic (exact) mass is 361 g/mol. The number of rotatable bonds is 4. The van der Waals surface area contributed by atoms with Gasteiger partial charge in [-0.2, -0.15) is 0 Å². The average molecular weight is 362 g/mol. The first-order valence-electron chi connectivity index (χ1n) is 9.39. The third kappa shape index (κ3) is 4.25. The topological polar surface area (TPSA) is 37.0 Å². The van der Waals surface area contributed by atoms with E-state index >= 15 is 0 Å². The fourth-order valence-corrected chi connectivity index (χ4v) is 4.09. The van der Waals surface area contributed by atoms with Gasteiger partial charge in [-0.05, 0) is 42.3 Å². The lowest BCUT2D eigenvalue weighted by atomic mass is 10.1. The van der Waals surface area contributed by atoms with E-state index in [1.54, 1.807) is 0 Å². The van der Waals surface area contributed by atoms with Crippen LogP contribution in [0.4, 0.5) is 0 Å². The maximum absolute atomic E-state index is 5.65. The SMILES string of the molecule is S=C(NC[C@@H]1CCCO1)N1CCN(Cc2ccc3c(c2)CCO3)CC1. The quantitative estimate of drug-likeness (QED) is 0.824. The summed E-state index contributed by atoms with van der Waals surface area (Å²) in [6.07, 6.45) is 3.70. The lowest BCUT2D eigenvalue weighted by molar-refractivity contribution is 0.112. The molecule has 0 amide bonds. The predicted molar refractivity (Wildman–Crippen MR) is 102 cm³/mol. The molecule has 0 spiro atoms. The molecule has 4 rings (SSSR count). The Kier molecular flexibility index (Phi) is 5.39. The Morgan fingerprint density at radius 3 is 2.88 bits per heavy atom. The van der Waals surface area contributed by atoms with E-state index in [9.17, 15) is 0 Å². The van der Waals surface area contributed by atoms with Crippen molar-refractivity contribution in [2.24, 2.45) is 0 Å². The third-order valence-electron chi connectivity index (χ3n) is 5.32. The molecule has 1 aromatic carbocycles. The lowest BCUT2D eigenvalue weighted by Gasteiger charge is -2.36. The number of thiocarbonyl (C=S) groups is 1. The highest BCUT2D eigenvalue weighted by Crippen LogP contribution is 2.26. The Labute approximate surface area is 155 Å². The first-order valence-corrected chi connectivity index (χ1v) is 9.80. The van der Waals surface area contributed by atoms with Gasteiger partial charge in [0.2, 0.25) is 0 Å². The van der Waals surface area contributed by atoms with Crippen molar-refractivity contribution < 1.29 is 9.47 Å². The summed E-state index contributed by atoms with van der Waals surface area (Å²) in [6, 6.07) is 6.63. The summed E-state index contributed by atoms with van der Waals surface area (Å²) >= 11 is 5.56. The third-order valence-corrected chi connectivity index (χ3v) is 5.73. The summed E-state index contributed by atoms with van der Waals surface area (Å²) in [4.78, 5) is 4.80. The van der Waals surface area contributed by atoms with Crippen LogP contribution in [-0.2, 0) is 17.7 Å². The van der Waals surface area contributed by atoms with Crippen molar-refractivity contribution in [2.45, 2.75) is 31.9 Å². The van der Waals surface area contributed by atoms with Crippen molar-refractivity contribution >= 4 is 17.3 Å². The van der Waals surface area contributed by atoms with Gasteiger partial charge in [-0.3, -0.25) is 4.90 Å². The van der Waals surface area contributed by atoms with Crippen LogP contribution in [0.15, 0.2) is 18.2 Å². The maximum Gasteiger partial charge on any atom is 0.169 e. The molecule has 2 fully saturated rings. The molecule has 0 aliphatic carbocycles. The van der Waals surface area contributed by atoms with Crippen molar-refractivity contribution in [3.8, 4) is 5.75 Å². The van der Waals surface area contributed by atoms with E-state index in [2.05, 4.69) is 33.3 Å². The minimum absolute atomic E-state index is 0.336. The zero-order chi connectivity index (χ0) is 17.1. The van der Waals surface area contributed by atoms with Crippen LogP contribution >= 0.6 is 12.2 Å². The molecule has 0 unspecified atom stereocenters. The Morgan fingerprint density at radius 1 is 1.20 bits per heavy atom. The minimum atomic E-state index is 0.336. The van der Waals surface area contributed by atoms with Crippen LogP contribution in [0.5, 0.6) is 5.75 Å². The van der Waals surface area contributed by atoms with E-state index in [0.29, 0.717) is 6.10 Å². The van der Waals surface area contributed by atoms with Crippen LogP contribution in [0.1, 0.15) is 24.0 Å². The molecule has 136 valence electrons. The molecule has 1 aromatic rings. The molecule has 3 aliphatic heterocycles. The van der Waals surface area contributed by atoms with E-state index in [-0.39, 0.29) is 0 Å². The number of ether oxygens (including phenoxy) is 2. The van der Waals surface area contributed by atoms with Crippen molar-refractivity contribution in [1.29, 1.82) is 0 Å². The van der Waals surface area contributed by atoms with Crippen LogP contribution in [0.2, 0.25) is 0 Å². The van der Waals surface area contributed by atoms with Crippen molar-refractivity contribution in [1.82, 2.24) is 15.1 Å². The summed E-state index contributed by atoms with van der Waals surface area (Å²) in [5, 5.41) is 4.27. The molecule has 25 heavy (non-hydrogen) atoms. The Balaban J connectivity index is 1.22. The zero-order valence-corrected chi connectivity index (χ0v) is 15.5. The Hall–Kier alpha value is -1.37. The van der Waals surface area contributed by atoms with Gasteiger partial charge in [0.1, 0.15) is 5.75 Å². The Bertz CT molecular complexity index is 611. The highest BCUT2D eigenvalue weighted by molar-refractivity contribution is 7.80. The zero-order valence-electron chi connectivity index (χ0n) is 14.7. The Morgan fingerprint density at radius 2 is 2.08 bits per heavy atom. The second-order valence-electron chi connectivity index (χ2n) is 7.12. The van der Waals surface area contributed by atoms with Gasteiger partial charge in [0, 0.05) is 52.3 Å². The van der Waals surface area contributed by atoms with Crippen LogP contribution < -0.4 is 10.1 Å². The number of nitrogens with one attached hydrogen (secondary N) is 1. The number of hydrogen-bond donors (Lipinski definition) is 1. The summed E-state index contributed by atoms with van der Waals surface area (Å²) in [6.45, 7) is 7.66. The molecular formula is C19H27N3O2S. The molecule has 0 bridgehead atoms. The van der Waals surface area contributed by atoms with Gasteiger partial charge in [-0.25, -0.2) is 0 Å². The van der Waals surface area contributed by atoms with Gasteiger partial charge in [-0.1, -0.05) is 12.1 Å². The molecule has 0 aromatic heterocycles. The van der Waals surface area contributed by atoms with Gasteiger partial charge in [0.25, 0.3) is 0 Å². The fraction of sp³-hybridized carbons (Fsp3) is 0.632. The van der Waals surface area contributed by atoms with E-state index in [4.69, 9.17) is 21.7 Å². The second kappa shape index (κ2) is 7.89. The number of nitrogens with zero attached hydrogens (tertiary/aromatic N) is 2. The van der Waals surface area contributed by atoms with E-state index in [0.717, 1.165) is 76.2 Å². The molecule has 0 saturated carbocycles. The molecule has 2 saturated heterocycles. The van der Waals surface area contributed by atoms with E-state index in [1.165, 1.54) is 17.5 Å². The largest absolute Gasteiger partial charge is 0.493 e. The average Bonchev–Trinajstić information content (AvgIpc) is 3.31. The van der Waals surface area contributed by atoms with Crippen LogP contribution in [0, 0.1) is 0 Å². The molecule has 3 heterocycles. The molecule has 3 aliphatic rings. The number of fused-ring (bicyclic) bond motifs is 1. The highest BCUT2D eigenvalue weighted by Gasteiger charge is 2.21. The van der Waals surface area contributed by atoms with Crippen molar-refractivity contribution in [3.05, 3.63) is 29.3 Å². The molecule has 5 nitrogen and oxygen atoms in total. The molecule has 6 heteroatoms. The molecule has 1 N–H and O–H groups in total. The van der Waals surface area contributed by atoms with Gasteiger partial charge >= 0.3 is 0 Å².